The fourth-order valence-electron chi connectivity index (χ4n) is 3.87. The van der Waals surface area contributed by atoms with E-state index < -0.39 is 5.97 Å². The van der Waals surface area contributed by atoms with Gasteiger partial charge in [-0.25, -0.2) is 0 Å². The third-order valence-corrected chi connectivity index (χ3v) is 5.60. The van der Waals surface area contributed by atoms with E-state index in [0.29, 0.717) is 26.1 Å². The number of hydrogen-bond donors (Lipinski definition) is 1. The molecule has 0 aliphatic carbocycles. The first-order valence-corrected chi connectivity index (χ1v) is 11.4. The summed E-state index contributed by atoms with van der Waals surface area (Å²) in [5.74, 6) is -0.0803. The highest BCUT2D eigenvalue weighted by Crippen LogP contribution is 2.24. The predicted molar refractivity (Wildman–Crippen MR) is 133 cm³/mol. The molecule has 0 saturated carbocycles. The van der Waals surface area contributed by atoms with Gasteiger partial charge in [0.25, 0.3) is 0 Å². The van der Waals surface area contributed by atoms with Gasteiger partial charge >= 0.3 is 5.97 Å². The second kappa shape index (κ2) is 11.7. The predicted octanol–water partition coefficient (Wildman–Crippen LogP) is 5.03. The van der Waals surface area contributed by atoms with Crippen molar-refractivity contribution in [3.63, 3.8) is 0 Å². The molecular formula is C28H29N3O3. The minimum absolute atomic E-state index is 0.0685. The normalized spacial score (nSPS) is 10.7. The van der Waals surface area contributed by atoms with Crippen molar-refractivity contribution in [1.29, 1.82) is 0 Å². The van der Waals surface area contributed by atoms with Crippen LogP contribution in [0.25, 0.3) is 0 Å². The summed E-state index contributed by atoms with van der Waals surface area (Å²) in [6.07, 6.45) is 4.17. The monoisotopic (exact) mass is 455 g/mol. The first-order chi connectivity index (χ1) is 16.7. The van der Waals surface area contributed by atoms with E-state index >= 15 is 0 Å². The van der Waals surface area contributed by atoms with Crippen LogP contribution >= 0.6 is 0 Å². The van der Waals surface area contributed by atoms with Gasteiger partial charge in [0.15, 0.2) is 0 Å². The van der Waals surface area contributed by atoms with E-state index in [-0.39, 0.29) is 6.42 Å². The molecule has 1 N–H and O–H groups in total. The van der Waals surface area contributed by atoms with Gasteiger partial charge in [-0.15, -0.1) is 0 Å². The quantitative estimate of drug-likeness (QED) is 0.324. The van der Waals surface area contributed by atoms with Crippen molar-refractivity contribution in [3.8, 4) is 5.75 Å². The van der Waals surface area contributed by atoms with Crippen molar-refractivity contribution in [3.05, 3.63) is 114 Å². The Morgan fingerprint density at radius 3 is 2.41 bits per heavy atom. The molecule has 4 aromatic rings. The highest BCUT2D eigenvalue weighted by molar-refractivity contribution is 5.67. The molecule has 0 fully saturated rings. The maximum absolute atomic E-state index is 11.1. The molecule has 6 heteroatoms. The molecule has 0 radical (unpaired) electrons. The van der Waals surface area contributed by atoms with Crippen molar-refractivity contribution in [2.45, 2.75) is 25.9 Å². The number of carbonyl (C=O) groups is 1. The van der Waals surface area contributed by atoms with Crippen molar-refractivity contribution in [2.24, 2.45) is 0 Å². The summed E-state index contributed by atoms with van der Waals surface area (Å²) in [7, 11) is 0. The molecule has 6 nitrogen and oxygen atoms in total. The molecule has 0 aliphatic heterocycles. The Hall–Kier alpha value is -4.06. The summed E-state index contributed by atoms with van der Waals surface area (Å²) >= 11 is 0. The molecule has 1 heterocycles. The topological polar surface area (TPSA) is 67.6 Å². The van der Waals surface area contributed by atoms with E-state index in [0.717, 1.165) is 29.1 Å². The zero-order valence-electron chi connectivity index (χ0n) is 19.1. The second-order valence-corrected chi connectivity index (χ2v) is 8.13. The summed E-state index contributed by atoms with van der Waals surface area (Å²) in [6, 6.07) is 28.5. The standard InChI is InChI=1S/C28H29N3O3/c32-28(33)15-14-25-13-12-24(22-31-17-7-16-29-31)20-27(25)34-19-18-30(26-10-5-2-6-11-26)21-23-8-3-1-4-9-23/h1-13,16-17,20H,14-15,18-19,21-22H2,(H,32,33). The van der Waals surface area contributed by atoms with Gasteiger partial charge in [0.1, 0.15) is 12.4 Å². The summed E-state index contributed by atoms with van der Waals surface area (Å²) in [4.78, 5) is 13.4. The van der Waals surface area contributed by atoms with E-state index in [9.17, 15) is 4.79 Å². The molecule has 34 heavy (non-hydrogen) atoms. The van der Waals surface area contributed by atoms with Crippen LogP contribution < -0.4 is 9.64 Å². The largest absolute Gasteiger partial charge is 0.491 e. The minimum Gasteiger partial charge on any atom is -0.491 e. The Balaban J connectivity index is 1.48. The number of benzene rings is 3. The number of para-hydroxylation sites is 1. The van der Waals surface area contributed by atoms with Crippen molar-refractivity contribution >= 4 is 11.7 Å². The number of aryl methyl sites for hydroxylation is 1. The number of aromatic nitrogens is 2. The Bertz CT molecular complexity index is 1160. The molecule has 1 aromatic heterocycles. The molecule has 0 saturated heterocycles. The smallest absolute Gasteiger partial charge is 0.303 e. The fraction of sp³-hybridized carbons (Fsp3) is 0.214. The third kappa shape index (κ3) is 6.72. The molecule has 174 valence electrons. The van der Waals surface area contributed by atoms with Crippen molar-refractivity contribution in [1.82, 2.24) is 9.78 Å². The number of anilines is 1. The number of ether oxygens (including phenoxy) is 1. The van der Waals surface area contributed by atoms with Gasteiger partial charge in [-0.3, -0.25) is 9.48 Å². The highest BCUT2D eigenvalue weighted by Gasteiger charge is 2.11. The van der Waals surface area contributed by atoms with Crippen LogP contribution in [0.2, 0.25) is 0 Å². The molecule has 0 atom stereocenters. The molecule has 0 unspecified atom stereocenters. The second-order valence-electron chi connectivity index (χ2n) is 8.13. The van der Waals surface area contributed by atoms with Crippen molar-refractivity contribution < 1.29 is 14.6 Å². The lowest BCUT2D eigenvalue weighted by atomic mass is 10.1. The van der Waals surface area contributed by atoms with E-state index in [1.54, 1.807) is 6.20 Å². The minimum atomic E-state index is -0.815. The Labute approximate surface area is 200 Å². The zero-order valence-corrected chi connectivity index (χ0v) is 19.1. The number of hydrogen-bond acceptors (Lipinski definition) is 4. The molecule has 4 rings (SSSR count). The maximum atomic E-state index is 11.1. The molecule has 0 spiro atoms. The van der Waals surface area contributed by atoms with Crippen LogP contribution in [0.1, 0.15) is 23.1 Å². The molecule has 3 aromatic carbocycles. The van der Waals surface area contributed by atoms with E-state index in [2.05, 4.69) is 46.4 Å². The van der Waals surface area contributed by atoms with Crippen LogP contribution in [-0.4, -0.2) is 34.0 Å². The van der Waals surface area contributed by atoms with Crippen molar-refractivity contribution in [2.75, 3.05) is 18.1 Å². The summed E-state index contributed by atoms with van der Waals surface area (Å²) < 4.78 is 8.11. The molecule has 0 aliphatic rings. The number of rotatable bonds is 12. The highest BCUT2D eigenvalue weighted by atomic mass is 16.5. The summed E-state index contributed by atoms with van der Waals surface area (Å²) in [5.41, 5.74) is 4.33. The SMILES string of the molecule is O=C(O)CCc1ccc(Cn2cccn2)cc1OCCN(Cc1ccccc1)c1ccccc1. The maximum Gasteiger partial charge on any atom is 0.303 e. The van der Waals surface area contributed by atoms with Gasteiger partial charge in [0.05, 0.1) is 13.1 Å². The summed E-state index contributed by atoms with van der Waals surface area (Å²) in [5, 5.41) is 13.4. The van der Waals surface area contributed by atoms with E-state index in [1.807, 2.05) is 59.4 Å². The van der Waals surface area contributed by atoms with Crippen LogP contribution in [0.5, 0.6) is 5.75 Å². The van der Waals surface area contributed by atoms with E-state index in [4.69, 9.17) is 9.84 Å². The lowest BCUT2D eigenvalue weighted by molar-refractivity contribution is -0.136. The van der Waals surface area contributed by atoms with Gasteiger partial charge < -0.3 is 14.7 Å². The number of carboxylic acids is 1. The van der Waals surface area contributed by atoms with Crippen LogP contribution in [0, 0.1) is 0 Å². The first-order valence-electron chi connectivity index (χ1n) is 11.4. The third-order valence-electron chi connectivity index (χ3n) is 5.60. The first kappa shape index (κ1) is 23.1. The Morgan fingerprint density at radius 2 is 1.71 bits per heavy atom. The Kier molecular flexibility index (Phi) is 7.95. The van der Waals surface area contributed by atoms with Crippen LogP contribution in [-0.2, 0) is 24.3 Å². The lowest BCUT2D eigenvalue weighted by Crippen LogP contribution is -2.28. The van der Waals surface area contributed by atoms with Crippen LogP contribution in [0.4, 0.5) is 5.69 Å². The molecule has 0 bridgehead atoms. The summed E-state index contributed by atoms with van der Waals surface area (Å²) in [6.45, 7) is 2.58. The number of aliphatic carboxylic acids is 1. The molecular weight excluding hydrogens is 426 g/mol. The van der Waals surface area contributed by atoms with Gasteiger partial charge in [-0.05, 0) is 47.4 Å². The van der Waals surface area contributed by atoms with Crippen LogP contribution in [0.15, 0.2) is 97.3 Å². The van der Waals surface area contributed by atoms with Gasteiger partial charge in [-0.2, -0.15) is 5.10 Å². The molecule has 0 amide bonds. The van der Waals surface area contributed by atoms with Gasteiger partial charge in [-0.1, -0.05) is 60.7 Å². The Morgan fingerprint density at radius 1 is 0.941 bits per heavy atom. The van der Waals surface area contributed by atoms with Gasteiger partial charge in [0.2, 0.25) is 0 Å². The average molecular weight is 456 g/mol. The van der Waals surface area contributed by atoms with E-state index in [1.165, 1.54) is 5.56 Å². The average Bonchev–Trinajstić information content (AvgIpc) is 3.37. The zero-order chi connectivity index (χ0) is 23.6. The lowest BCUT2D eigenvalue weighted by Gasteiger charge is -2.25. The number of nitrogens with zero attached hydrogens (tertiary/aromatic N) is 3. The van der Waals surface area contributed by atoms with Crippen LogP contribution in [0.3, 0.4) is 0 Å². The number of carboxylic acid groups (broad SMARTS) is 1. The van der Waals surface area contributed by atoms with Gasteiger partial charge in [0, 0.05) is 31.0 Å². The fourth-order valence-corrected chi connectivity index (χ4v) is 3.87.